The standard InChI is InChI=1S/C16H24N2O3/c1-18-14(8-5-9-15(18)20)16(21)17-13(10-11-19)12-6-3-2-4-7-12/h5,8-9,12-13,19H,2-4,6-7,10-11H2,1H3,(H,17,21). The lowest BCUT2D eigenvalue weighted by Crippen LogP contribution is -2.43. The van der Waals surface area contributed by atoms with Gasteiger partial charge >= 0.3 is 0 Å². The van der Waals surface area contributed by atoms with Gasteiger partial charge in [-0.25, -0.2) is 0 Å². The maximum Gasteiger partial charge on any atom is 0.268 e. The highest BCUT2D eigenvalue weighted by Gasteiger charge is 2.25. The van der Waals surface area contributed by atoms with Gasteiger partial charge in [-0.15, -0.1) is 0 Å². The number of carbonyl (C=O) groups is 1. The van der Waals surface area contributed by atoms with Crippen molar-refractivity contribution in [3.8, 4) is 0 Å². The van der Waals surface area contributed by atoms with Crippen LogP contribution in [0.25, 0.3) is 0 Å². The highest BCUT2D eigenvalue weighted by atomic mass is 16.3. The molecular weight excluding hydrogens is 268 g/mol. The summed E-state index contributed by atoms with van der Waals surface area (Å²) < 4.78 is 1.35. The van der Waals surface area contributed by atoms with Gasteiger partial charge in [0.05, 0.1) is 0 Å². The van der Waals surface area contributed by atoms with E-state index in [9.17, 15) is 14.7 Å². The minimum Gasteiger partial charge on any atom is -0.396 e. The Kier molecular flexibility index (Phi) is 5.56. The number of aromatic nitrogens is 1. The van der Waals surface area contributed by atoms with Gasteiger partial charge in [0.15, 0.2) is 0 Å². The summed E-state index contributed by atoms with van der Waals surface area (Å²) in [5.41, 5.74) is 0.167. The van der Waals surface area contributed by atoms with E-state index in [1.54, 1.807) is 19.2 Å². The Balaban J connectivity index is 2.10. The van der Waals surface area contributed by atoms with Crippen LogP contribution in [0.2, 0.25) is 0 Å². The summed E-state index contributed by atoms with van der Waals surface area (Å²) in [7, 11) is 1.60. The zero-order chi connectivity index (χ0) is 15.2. The predicted octanol–water partition coefficient (Wildman–Crippen LogP) is 1.45. The smallest absolute Gasteiger partial charge is 0.268 e. The van der Waals surface area contributed by atoms with Gasteiger partial charge in [-0.1, -0.05) is 25.3 Å². The molecule has 2 rings (SSSR count). The van der Waals surface area contributed by atoms with Crippen molar-refractivity contribution >= 4 is 5.91 Å². The second kappa shape index (κ2) is 7.41. The van der Waals surface area contributed by atoms with Crippen molar-refractivity contribution in [2.24, 2.45) is 13.0 Å². The number of carbonyl (C=O) groups excluding carboxylic acids is 1. The van der Waals surface area contributed by atoms with Crippen molar-refractivity contribution in [3.63, 3.8) is 0 Å². The van der Waals surface area contributed by atoms with Crippen LogP contribution < -0.4 is 10.9 Å². The second-order valence-electron chi connectivity index (χ2n) is 5.80. The monoisotopic (exact) mass is 292 g/mol. The topological polar surface area (TPSA) is 71.3 Å². The maximum atomic E-state index is 12.4. The first kappa shape index (κ1) is 15.8. The highest BCUT2D eigenvalue weighted by Crippen LogP contribution is 2.27. The van der Waals surface area contributed by atoms with Crippen LogP contribution >= 0.6 is 0 Å². The van der Waals surface area contributed by atoms with E-state index >= 15 is 0 Å². The molecule has 1 aromatic rings. The molecule has 0 aliphatic heterocycles. The van der Waals surface area contributed by atoms with Gasteiger partial charge in [0.1, 0.15) is 5.69 Å². The SMILES string of the molecule is Cn1c(C(=O)NC(CCO)C2CCCCC2)cccc1=O. The average molecular weight is 292 g/mol. The van der Waals surface area contributed by atoms with Crippen LogP contribution in [0, 0.1) is 5.92 Å². The fourth-order valence-electron chi connectivity index (χ4n) is 3.14. The Hall–Kier alpha value is -1.62. The van der Waals surface area contributed by atoms with E-state index in [1.807, 2.05) is 0 Å². The number of nitrogens with zero attached hydrogens (tertiary/aromatic N) is 1. The van der Waals surface area contributed by atoms with Gasteiger partial charge in [0.2, 0.25) is 0 Å². The number of pyridine rings is 1. The van der Waals surface area contributed by atoms with Crippen molar-refractivity contribution in [2.45, 2.75) is 44.6 Å². The van der Waals surface area contributed by atoms with Gasteiger partial charge in [-0.3, -0.25) is 9.59 Å². The largest absolute Gasteiger partial charge is 0.396 e. The maximum absolute atomic E-state index is 12.4. The number of amides is 1. The van der Waals surface area contributed by atoms with Crippen LogP contribution in [-0.4, -0.2) is 28.2 Å². The quantitative estimate of drug-likeness (QED) is 0.863. The summed E-state index contributed by atoms with van der Waals surface area (Å²) in [6.07, 6.45) is 6.39. The number of hydrogen-bond acceptors (Lipinski definition) is 3. The Bertz CT molecular complexity index is 533. The summed E-state index contributed by atoms with van der Waals surface area (Å²) in [6.45, 7) is 0.0646. The minimum absolute atomic E-state index is 0.0156. The van der Waals surface area contributed by atoms with Crippen LogP contribution in [0.1, 0.15) is 49.0 Å². The Morgan fingerprint density at radius 2 is 2.10 bits per heavy atom. The highest BCUT2D eigenvalue weighted by molar-refractivity contribution is 5.92. The molecule has 1 aromatic heterocycles. The molecule has 1 unspecified atom stereocenters. The molecule has 1 aliphatic carbocycles. The number of aliphatic hydroxyl groups is 1. The molecule has 0 radical (unpaired) electrons. The lowest BCUT2D eigenvalue weighted by Gasteiger charge is -2.30. The van der Waals surface area contributed by atoms with Gasteiger partial charge in [0.25, 0.3) is 11.5 Å². The van der Waals surface area contributed by atoms with Gasteiger partial charge in [0, 0.05) is 25.8 Å². The summed E-state index contributed by atoms with van der Waals surface area (Å²) in [6, 6.07) is 4.66. The molecule has 1 saturated carbocycles. The van der Waals surface area contributed by atoms with E-state index in [4.69, 9.17) is 0 Å². The molecule has 21 heavy (non-hydrogen) atoms. The molecule has 0 aromatic carbocycles. The zero-order valence-electron chi connectivity index (χ0n) is 12.5. The molecule has 5 nitrogen and oxygen atoms in total. The van der Waals surface area contributed by atoms with E-state index in [0.29, 0.717) is 18.0 Å². The van der Waals surface area contributed by atoms with Crippen molar-refractivity contribution in [2.75, 3.05) is 6.61 Å². The summed E-state index contributed by atoms with van der Waals surface area (Å²) in [4.78, 5) is 24.0. The van der Waals surface area contributed by atoms with Crippen molar-refractivity contribution < 1.29 is 9.90 Å². The lowest BCUT2D eigenvalue weighted by atomic mass is 9.82. The van der Waals surface area contributed by atoms with Crippen LogP contribution in [0.5, 0.6) is 0 Å². The first-order valence-corrected chi connectivity index (χ1v) is 7.71. The van der Waals surface area contributed by atoms with Crippen LogP contribution in [0.15, 0.2) is 23.0 Å². The summed E-state index contributed by atoms with van der Waals surface area (Å²) >= 11 is 0. The predicted molar refractivity (Wildman–Crippen MR) is 81.2 cm³/mol. The van der Waals surface area contributed by atoms with Crippen molar-refractivity contribution in [1.29, 1.82) is 0 Å². The van der Waals surface area contributed by atoms with E-state index < -0.39 is 0 Å². The van der Waals surface area contributed by atoms with E-state index in [-0.39, 0.29) is 24.1 Å². The average Bonchev–Trinajstić information content (AvgIpc) is 2.50. The van der Waals surface area contributed by atoms with Crippen LogP contribution in [0.3, 0.4) is 0 Å². The lowest BCUT2D eigenvalue weighted by molar-refractivity contribution is 0.0890. The van der Waals surface area contributed by atoms with E-state index in [1.165, 1.54) is 29.9 Å². The third kappa shape index (κ3) is 3.94. The molecule has 0 spiro atoms. The molecule has 116 valence electrons. The fourth-order valence-corrected chi connectivity index (χ4v) is 3.14. The summed E-state index contributed by atoms with van der Waals surface area (Å²) in [5, 5.41) is 12.3. The van der Waals surface area contributed by atoms with Crippen molar-refractivity contribution in [1.82, 2.24) is 9.88 Å². The first-order valence-electron chi connectivity index (χ1n) is 7.71. The molecule has 0 bridgehead atoms. The van der Waals surface area contributed by atoms with E-state index in [0.717, 1.165) is 12.8 Å². The van der Waals surface area contributed by atoms with Crippen molar-refractivity contribution in [3.05, 3.63) is 34.2 Å². The van der Waals surface area contributed by atoms with Gasteiger partial charge in [-0.05, 0) is 31.2 Å². The Morgan fingerprint density at radius 3 is 2.76 bits per heavy atom. The third-order valence-electron chi connectivity index (χ3n) is 4.39. The molecule has 1 amide bonds. The number of aliphatic hydroxyl groups excluding tert-OH is 1. The number of rotatable bonds is 5. The van der Waals surface area contributed by atoms with Gasteiger partial charge in [-0.2, -0.15) is 0 Å². The minimum atomic E-state index is -0.237. The second-order valence-corrected chi connectivity index (χ2v) is 5.80. The molecule has 5 heteroatoms. The normalized spacial score (nSPS) is 17.4. The molecule has 1 fully saturated rings. The zero-order valence-corrected chi connectivity index (χ0v) is 12.5. The first-order chi connectivity index (χ1) is 10.1. The molecule has 2 N–H and O–H groups in total. The Morgan fingerprint density at radius 1 is 1.38 bits per heavy atom. The number of hydrogen-bond donors (Lipinski definition) is 2. The van der Waals surface area contributed by atoms with Crippen LogP contribution in [0.4, 0.5) is 0 Å². The molecule has 1 atom stereocenters. The summed E-state index contributed by atoms with van der Waals surface area (Å²) in [5.74, 6) is 0.190. The molecule has 1 heterocycles. The van der Waals surface area contributed by atoms with Crippen LogP contribution in [-0.2, 0) is 7.05 Å². The Labute approximate surface area is 125 Å². The molecular formula is C16H24N2O3. The molecule has 0 saturated heterocycles. The van der Waals surface area contributed by atoms with E-state index in [2.05, 4.69) is 5.32 Å². The third-order valence-corrected chi connectivity index (χ3v) is 4.39. The molecule has 1 aliphatic rings. The van der Waals surface area contributed by atoms with Gasteiger partial charge < -0.3 is 15.0 Å². The fraction of sp³-hybridized carbons (Fsp3) is 0.625. The number of nitrogens with one attached hydrogen (secondary N) is 1.